The highest BCUT2D eigenvalue weighted by molar-refractivity contribution is 14.0. The zero-order chi connectivity index (χ0) is 17.5. The van der Waals surface area contributed by atoms with Crippen molar-refractivity contribution >= 4 is 35.6 Å². The molecule has 0 bridgehead atoms. The van der Waals surface area contributed by atoms with Gasteiger partial charge in [0.2, 0.25) is 0 Å². The number of anilines is 1. The first kappa shape index (κ1) is 20.1. The van der Waals surface area contributed by atoms with E-state index in [4.69, 9.17) is 10.5 Å². The van der Waals surface area contributed by atoms with E-state index in [9.17, 15) is 13.2 Å². The van der Waals surface area contributed by atoms with Crippen LogP contribution in [0.1, 0.15) is 20.3 Å². The number of nitrogens with zero attached hydrogens (tertiary/aromatic N) is 1. The molecular formula is C16H21F3IN3O2. The molecule has 1 saturated carbocycles. The minimum atomic E-state index is -4.73. The van der Waals surface area contributed by atoms with Crippen LogP contribution in [0.2, 0.25) is 0 Å². The standard InChI is InChI=1S/C16H20F3N3O2.HI/c1-15(2)12(11-6-7-23-13(11)15)22-14(20)21-9-4-3-5-10(8-9)24-16(17,18)19;/h3-5,8,11-13H,6-7H2,1-2H3,(H3,20,21,22);1H. The highest BCUT2D eigenvalue weighted by Crippen LogP contribution is 2.53. The van der Waals surface area contributed by atoms with Crippen molar-refractivity contribution in [3.05, 3.63) is 24.3 Å². The van der Waals surface area contributed by atoms with Crippen LogP contribution < -0.4 is 15.8 Å². The smallest absolute Gasteiger partial charge is 0.406 e. The van der Waals surface area contributed by atoms with Gasteiger partial charge in [0.25, 0.3) is 0 Å². The summed E-state index contributed by atoms with van der Waals surface area (Å²) in [5, 5.41) is 2.82. The Bertz CT molecular complexity index is 652. The lowest BCUT2D eigenvalue weighted by Crippen LogP contribution is -2.59. The summed E-state index contributed by atoms with van der Waals surface area (Å²) < 4.78 is 46.4. The van der Waals surface area contributed by atoms with E-state index >= 15 is 0 Å². The molecule has 25 heavy (non-hydrogen) atoms. The molecule has 9 heteroatoms. The van der Waals surface area contributed by atoms with E-state index in [-0.39, 0.29) is 53.2 Å². The average Bonchev–Trinajstić information content (AvgIpc) is 2.90. The summed E-state index contributed by atoms with van der Waals surface area (Å²) in [7, 11) is 0. The zero-order valence-corrected chi connectivity index (χ0v) is 16.2. The van der Waals surface area contributed by atoms with E-state index < -0.39 is 6.36 Å². The fraction of sp³-hybridized carbons (Fsp3) is 0.562. The first-order valence-electron chi connectivity index (χ1n) is 7.74. The predicted octanol–water partition coefficient (Wildman–Crippen LogP) is 3.74. The second-order valence-corrected chi connectivity index (χ2v) is 6.73. The van der Waals surface area contributed by atoms with Gasteiger partial charge in [0.15, 0.2) is 5.96 Å². The van der Waals surface area contributed by atoms with Crippen molar-refractivity contribution in [3.8, 4) is 5.75 Å². The summed E-state index contributed by atoms with van der Waals surface area (Å²) in [4.78, 5) is 4.52. The van der Waals surface area contributed by atoms with Crippen molar-refractivity contribution in [1.82, 2.24) is 0 Å². The first-order valence-corrected chi connectivity index (χ1v) is 7.74. The molecular weight excluding hydrogens is 450 g/mol. The van der Waals surface area contributed by atoms with Crippen LogP contribution in [-0.4, -0.2) is 31.1 Å². The summed E-state index contributed by atoms with van der Waals surface area (Å²) in [6, 6.07) is 5.53. The maximum Gasteiger partial charge on any atom is 0.573 e. The van der Waals surface area contributed by atoms with Crippen LogP contribution in [0.4, 0.5) is 18.9 Å². The van der Waals surface area contributed by atoms with E-state index in [1.54, 1.807) is 6.07 Å². The van der Waals surface area contributed by atoms with Crippen LogP contribution in [-0.2, 0) is 4.74 Å². The van der Waals surface area contributed by atoms with Gasteiger partial charge in [0.1, 0.15) is 5.75 Å². The minimum Gasteiger partial charge on any atom is -0.406 e. The van der Waals surface area contributed by atoms with Gasteiger partial charge in [-0.2, -0.15) is 0 Å². The third-order valence-corrected chi connectivity index (χ3v) is 4.66. The van der Waals surface area contributed by atoms with E-state index in [1.165, 1.54) is 18.2 Å². The molecule has 140 valence electrons. The van der Waals surface area contributed by atoms with Crippen molar-refractivity contribution < 1.29 is 22.6 Å². The molecule has 3 rings (SSSR count). The van der Waals surface area contributed by atoms with Gasteiger partial charge in [-0.1, -0.05) is 19.9 Å². The average molecular weight is 471 g/mol. The van der Waals surface area contributed by atoms with Gasteiger partial charge in [-0.25, -0.2) is 4.99 Å². The molecule has 0 radical (unpaired) electrons. The van der Waals surface area contributed by atoms with Gasteiger partial charge in [-0.3, -0.25) is 0 Å². The van der Waals surface area contributed by atoms with Crippen molar-refractivity contribution in [3.63, 3.8) is 0 Å². The number of halogens is 4. The Morgan fingerprint density at radius 1 is 1.40 bits per heavy atom. The molecule has 2 fully saturated rings. The second-order valence-electron chi connectivity index (χ2n) is 6.73. The van der Waals surface area contributed by atoms with Gasteiger partial charge >= 0.3 is 6.36 Å². The highest BCUT2D eigenvalue weighted by atomic mass is 127. The Hall–Kier alpha value is -1.23. The van der Waals surface area contributed by atoms with E-state index in [0.717, 1.165) is 13.0 Å². The largest absolute Gasteiger partial charge is 0.573 e. The highest BCUT2D eigenvalue weighted by Gasteiger charge is 2.59. The monoisotopic (exact) mass is 471 g/mol. The van der Waals surface area contributed by atoms with Crippen LogP contribution in [0.15, 0.2) is 29.3 Å². The molecule has 0 spiro atoms. The van der Waals surface area contributed by atoms with Crippen LogP contribution in [0.3, 0.4) is 0 Å². The van der Waals surface area contributed by atoms with Gasteiger partial charge in [0.05, 0.1) is 12.1 Å². The lowest BCUT2D eigenvalue weighted by Gasteiger charge is -2.52. The number of alkyl halides is 3. The van der Waals surface area contributed by atoms with Crippen LogP contribution in [0, 0.1) is 11.3 Å². The maximum absolute atomic E-state index is 12.3. The fourth-order valence-electron chi connectivity index (χ4n) is 3.66. The van der Waals surface area contributed by atoms with Crippen molar-refractivity contribution in [2.75, 3.05) is 11.9 Å². The Balaban J connectivity index is 0.00000225. The molecule has 3 N–H and O–H groups in total. The van der Waals surface area contributed by atoms with Crippen molar-refractivity contribution in [1.29, 1.82) is 0 Å². The number of guanidine groups is 1. The van der Waals surface area contributed by atoms with Gasteiger partial charge in [-0.15, -0.1) is 37.1 Å². The molecule has 1 aliphatic carbocycles. The lowest BCUT2D eigenvalue weighted by atomic mass is 9.57. The van der Waals surface area contributed by atoms with Crippen molar-refractivity contribution in [2.45, 2.75) is 38.8 Å². The minimum absolute atomic E-state index is 0. The molecule has 3 unspecified atom stereocenters. The van der Waals surface area contributed by atoms with Gasteiger partial charge in [0, 0.05) is 29.7 Å². The molecule has 0 aromatic heterocycles. The van der Waals surface area contributed by atoms with E-state index in [0.29, 0.717) is 11.6 Å². The Morgan fingerprint density at radius 2 is 2.12 bits per heavy atom. The molecule has 1 aliphatic heterocycles. The van der Waals surface area contributed by atoms with Crippen LogP contribution in [0.25, 0.3) is 0 Å². The Labute approximate surface area is 161 Å². The summed E-state index contributed by atoms with van der Waals surface area (Å²) in [6.07, 6.45) is -3.58. The molecule has 1 heterocycles. The number of nitrogens with two attached hydrogens (primary N) is 1. The van der Waals surface area contributed by atoms with Gasteiger partial charge < -0.3 is 20.5 Å². The fourth-order valence-corrected chi connectivity index (χ4v) is 3.66. The predicted molar refractivity (Wildman–Crippen MR) is 99.2 cm³/mol. The summed E-state index contributed by atoms with van der Waals surface area (Å²) in [5.74, 6) is 0.205. The van der Waals surface area contributed by atoms with Gasteiger partial charge in [-0.05, 0) is 18.6 Å². The molecule has 1 saturated heterocycles. The SMILES string of the molecule is CC1(C)C(N=C(N)Nc2cccc(OC(F)(F)F)c2)C2CCOC21.I. The molecule has 0 amide bonds. The lowest BCUT2D eigenvalue weighted by molar-refractivity contribution is -0.274. The van der Waals surface area contributed by atoms with E-state index in [1.807, 2.05) is 0 Å². The number of benzene rings is 1. The van der Waals surface area contributed by atoms with Crippen LogP contribution in [0.5, 0.6) is 5.75 Å². The summed E-state index contributed by atoms with van der Waals surface area (Å²) in [5.41, 5.74) is 6.21. The normalized spacial score (nSPS) is 27.7. The second kappa shape index (κ2) is 7.18. The summed E-state index contributed by atoms with van der Waals surface area (Å²) >= 11 is 0. The zero-order valence-electron chi connectivity index (χ0n) is 13.8. The number of aliphatic imine (C=N–C) groups is 1. The Kier molecular flexibility index (Phi) is 5.77. The maximum atomic E-state index is 12.3. The Morgan fingerprint density at radius 3 is 2.80 bits per heavy atom. The topological polar surface area (TPSA) is 68.9 Å². The molecule has 3 atom stereocenters. The number of ether oxygens (including phenoxy) is 2. The molecule has 1 aromatic rings. The quantitative estimate of drug-likeness (QED) is 0.401. The molecule has 5 nitrogen and oxygen atoms in total. The third kappa shape index (κ3) is 4.30. The number of hydrogen-bond donors (Lipinski definition) is 2. The number of hydrogen-bond acceptors (Lipinski definition) is 3. The van der Waals surface area contributed by atoms with E-state index in [2.05, 4.69) is 28.9 Å². The number of fused-ring (bicyclic) bond motifs is 1. The molecule has 1 aromatic carbocycles. The number of nitrogens with one attached hydrogen (secondary N) is 1. The first-order chi connectivity index (χ1) is 11.2. The molecule has 2 aliphatic rings. The number of rotatable bonds is 3. The van der Waals surface area contributed by atoms with Crippen LogP contribution >= 0.6 is 24.0 Å². The summed E-state index contributed by atoms with van der Waals surface area (Å²) in [6.45, 7) is 4.90. The van der Waals surface area contributed by atoms with Crippen molar-refractivity contribution in [2.24, 2.45) is 22.1 Å². The third-order valence-electron chi connectivity index (χ3n) is 4.66.